The van der Waals surface area contributed by atoms with Gasteiger partial charge >= 0.3 is 0 Å². The molecule has 2 unspecified atom stereocenters. The number of Topliss-reactive ketones (excluding diaryl/α,β-unsaturated/α-hetero) is 1. The Hall–Kier alpha value is -1.03. The first kappa shape index (κ1) is 8.56. The summed E-state index contributed by atoms with van der Waals surface area (Å²) in [4.78, 5) is 11.5. The van der Waals surface area contributed by atoms with Gasteiger partial charge in [-0.15, -0.1) is 0 Å². The van der Waals surface area contributed by atoms with E-state index in [4.69, 9.17) is 4.74 Å². The zero-order chi connectivity index (χ0) is 9.31. The maximum absolute atomic E-state index is 11.5. The Balaban J connectivity index is 2.12. The molecule has 0 aromatic heterocycles. The maximum Gasteiger partial charge on any atom is 0.204 e. The summed E-state index contributed by atoms with van der Waals surface area (Å²) in [7, 11) is 0. The molecular weight excluding hydrogens is 170 g/mol. The first-order valence-corrected chi connectivity index (χ1v) is 4.56. The monoisotopic (exact) mass is 183 g/mol. The van der Waals surface area contributed by atoms with Gasteiger partial charge in [0.05, 0.1) is 0 Å². The lowest BCUT2D eigenvalue weighted by atomic mass is 9.82. The van der Waals surface area contributed by atoms with Crippen molar-refractivity contribution in [3.05, 3.63) is 12.5 Å². The van der Waals surface area contributed by atoms with Crippen LogP contribution in [0.25, 0.3) is 0 Å². The second-order valence-corrected chi connectivity index (χ2v) is 3.54. The molecule has 0 radical (unpaired) electrons. The number of hydrogen-bond acceptors (Lipinski definition) is 4. The average molecular weight is 183 g/mol. The number of carbonyl (C=O) groups excluding carboxylic acids is 1. The highest BCUT2D eigenvalue weighted by atomic mass is 16.5. The largest absolute Gasteiger partial charge is 0.473 e. The molecule has 0 aromatic carbocycles. The number of carbonyl (C=O) groups is 1. The number of hydrogen-bond donors (Lipinski definition) is 2. The van der Waals surface area contributed by atoms with E-state index in [-0.39, 0.29) is 5.78 Å². The van der Waals surface area contributed by atoms with E-state index in [1.807, 2.05) is 0 Å². The van der Waals surface area contributed by atoms with Crippen LogP contribution in [-0.2, 0) is 9.53 Å². The molecule has 2 N–H and O–H groups in total. The highest BCUT2D eigenvalue weighted by molar-refractivity contribution is 5.88. The van der Waals surface area contributed by atoms with Crippen molar-refractivity contribution in [2.75, 3.05) is 0 Å². The van der Waals surface area contributed by atoms with E-state index in [0.717, 1.165) is 12.8 Å². The highest BCUT2D eigenvalue weighted by Gasteiger charge is 2.46. The summed E-state index contributed by atoms with van der Waals surface area (Å²) in [6.07, 6.45) is 5.18. The molecular formula is C9H13NO3. The summed E-state index contributed by atoms with van der Waals surface area (Å²) in [5.74, 6) is -0.111. The van der Waals surface area contributed by atoms with Crippen LogP contribution in [0.2, 0.25) is 0 Å². The third kappa shape index (κ3) is 1.31. The van der Waals surface area contributed by atoms with Gasteiger partial charge in [-0.3, -0.25) is 4.79 Å². The fourth-order valence-electron chi connectivity index (χ4n) is 1.85. The second kappa shape index (κ2) is 3.03. The Kier molecular flexibility index (Phi) is 2.00. The predicted octanol–water partition coefficient (Wildman–Crippen LogP) is 0.278. The van der Waals surface area contributed by atoms with Gasteiger partial charge in [0.15, 0.2) is 11.4 Å². The normalized spacial score (nSPS) is 38.5. The average Bonchev–Trinajstić information content (AvgIpc) is 2.63. The second-order valence-electron chi connectivity index (χ2n) is 3.54. The molecule has 1 aliphatic heterocycles. The minimum Gasteiger partial charge on any atom is -0.473 e. The molecule has 1 fully saturated rings. The van der Waals surface area contributed by atoms with Gasteiger partial charge in [0.2, 0.25) is 6.23 Å². The van der Waals surface area contributed by atoms with E-state index in [1.54, 1.807) is 6.20 Å². The van der Waals surface area contributed by atoms with E-state index < -0.39 is 11.8 Å². The predicted molar refractivity (Wildman–Crippen MR) is 45.6 cm³/mol. The van der Waals surface area contributed by atoms with Gasteiger partial charge in [-0.25, -0.2) is 0 Å². The summed E-state index contributed by atoms with van der Waals surface area (Å²) in [5.41, 5.74) is -1.32. The van der Waals surface area contributed by atoms with Crippen LogP contribution in [0.3, 0.4) is 0 Å². The van der Waals surface area contributed by atoms with Crippen molar-refractivity contribution in [1.82, 2.24) is 5.32 Å². The number of ether oxygens (including phenoxy) is 1. The Morgan fingerprint density at radius 1 is 1.62 bits per heavy atom. The Morgan fingerprint density at radius 2 is 2.46 bits per heavy atom. The maximum atomic E-state index is 11.5. The molecule has 1 heterocycles. The van der Waals surface area contributed by atoms with E-state index in [0.29, 0.717) is 12.8 Å². The Morgan fingerprint density at radius 3 is 3.08 bits per heavy atom. The van der Waals surface area contributed by atoms with Crippen molar-refractivity contribution in [3.8, 4) is 0 Å². The molecule has 4 heteroatoms. The molecule has 2 atom stereocenters. The first-order chi connectivity index (χ1) is 6.23. The van der Waals surface area contributed by atoms with E-state index in [1.165, 1.54) is 6.26 Å². The van der Waals surface area contributed by atoms with Crippen molar-refractivity contribution in [2.24, 2.45) is 0 Å². The van der Waals surface area contributed by atoms with Crippen molar-refractivity contribution in [3.63, 3.8) is 0 Å². The standard InChI is InChI=1S/C9H13NO3/c11-7-3-1-2-4-9(7,12)8-10-5-6-13-8/h5-6,8,10,12H,1-4H2. The van der Waals surface area contributed by atoms with E-state index >= 15 is 0 Å². The number of nitrogens with one attached hydrogen (secondary N) is 1. The fraction of sp³-hybridized carbons (Fsp3) is 0.667. The summed E-state index contributed by atoms with van der Waals surface area (Å²) in [5, 5.41) is 12.9. The zero-order valence-electron chi connectivity index (χ0n) is 7.32. The molecule has 0 aromatic rings. The van der Waals surface area contributed by atoms with Crippen LogP contribution in [-0.4, -0.2) is 22.7 Å². The summed E-state index contributed by atoms with van der Waals surface area (Å²) in [6.45, 7) is 0. The van der Waals surface area contributed by atoms with Crippen LogP contribution in [0, 0.1) is 0 Å². The van der Waals surface area contributed by atoms with Gasteiger partial charge in [-0.2, -0.15) is 0 Å². The number of ketones is 1. The molecule has 0 saturated heterocycles. The van der Waals surface area contributed by atoms with Gasteiger partial charge in [0.25, 0.3) is 0 Å². The van der Waals surface area contributed by atoms with Crippen LogP contribution < -0.4 is 5.32 Å². The first-order valence-electron chi connectivity index (χ1n) is 4.56. The van der Waals surface area contributed by atoms with Gasteiger partial charge < -0.3 is 15.2 Å². The molecule has 2 rings (SSSR count). The van der Waals surface area contributed by atoms with Crippen molar-refractivity contribution < 1.29 is 14.6 Å². The lowest BCUT2D eigenvalue weighted by Gasteiger charge is -2.34. The molecule has 0 spiro atoms. The van der Waals surface area contributed by atoms with E-state index in [2.05, 4.69) is 5.32 Å². The third-order valence-corrected chi connectivity index (χ3v) is 2.66. The zero-order valence-corrected chi connectivity index (χ0v) is 7.32. The topological polar surface area (TPSA) is 58.6 Å². The number of aliphatic hydroxyl groups is 1. The molecule has 0 amide bonds. The van der Waals surface area contributed by atoms with Crippen LogP contribution in [0.1, 0.15) is 25.7 Å². The minimum atomic E-state index is -1.32. The Labute approximate surface area is 76.6 Å². The van der Waals surface area contributed by atoms with Crippen molar-refractivity contribution in [2.45, 2.75) is 37.5 Å². The van der Waals surface area contributed by atoms with E-state index in [9.17, 15) is 9.90 Å². The van der Waals surface area contributed by atoms with Crippen molar-refractivity contribution in [1.29, 1.82) is 0 Å². The molecule has 0 bridgehead atoms. The quantitative estimate of drug-likeness (QED) is 0.613. The number of rotatable bonds is 1. The smallest absolute Gasteiger partial charge is 0.204 e. The Bertz CT molecular complexity index is 243. The summed E-state index contributed by atoms with van der Waals surface area (Å²) >= 11 is 0. The molecule has 72 valence electrons. The van der Waals surface area contributed by atoms with Gasteiger partial charge in [-0.1, -0.05) is 0 Å². The van der Waals surface area contributed by atoms with Gasteiger partial charge in [0, 0.05) is 12.6 Å². The molecule has 2 aliphatic rings. The van der Waals surface area contributed by atoms with Crippen LogP contribution in [0.4, 0.5) is 0 Å². The lowest BCUT2D eigenvalue weighted by Crippen LogP contribution is -2.55. The van der Waals surface area contributed by atoms with Crippen molar-refractivity contribution >= 4 is 5.78 Å². The van der Waals surface area contributed by atoms with Crippen LogP contribution in [0.15, 0.2) is 12.5 Å². The fourth-order valence-corrected chi connectivity index (χ4v) is 1.85. The lowest BCUT2D eigenvalue weighted by molar-refractivity contribution is -0.156. The summed E-state index contributed by atoms with van der Waals surface area (Å²) < 4.78 is 5.10. The molecule has 13 heavy (non-hydrogen) atoms. The van der Waals surface area contributed by atoms with Gasteiger partial charge in [0.1, 0.15) is 6.26 Å². The van der Waals surface area contributed by atoms with Crippen LogP contribution >= 0.6 is 0 Å². The van der Waals surface area contributed by atoms with Gasteiger partial charge in [-0.05, 0) is 19.3 Å². The minimum absolute atomic E-state index is 0.111. The SMILES string of the molecule is O=C1CCCCC1(O)C1NC=CO1. The molecule has 1 saturated carbocycles. The highest BCUT2D eigenvalue weighted by Crippen LogP contribution is 2.29. The molecule has 4 nitrogen and oxygen atoms in total. The molecule has 1 aliphatic carbocycles. The third-order valence-electron chi connectivity index (χ3n) is 2.66. The summed E-state index contributed by atoms with van der Waals surface area (Å²) in [6, 6.07) is 0. The van der Waals surface area contributed by atoms with Crippen LogP contribution in [0.5, 0.6) is 0 Å².